The third-order valence-corrected chi connectivity index (χ3v) is 6.31. The molecule has 1 N–H and O–H groups in total. The molecule has 0 radical (unpaired) electrons. The summed E-state index contributed by atoms with van der Waals surface area (Å²) in [6.45, 7) is 3.25. The molecule has 2 bridgehead atoms. The summed E-state index contributed by atoms with van der Waals surface area (Å²) in [6, 6.07) is 11.1. The Bertz CT molecular complexity index is 524. The molecule has 3 fully saturated rings. The van der Waals surface area contributed by atoms with Crippen molar-refractivity contribution in [3.05, 3.63) is 35.9 Å². The molecule has 1 saturated heterocycles. The fraction of sp³-hybridized carbons (Fsp3) is 0.650. The molecule has 1 atom stereocenters. The lowest BCUT2D eigenvalue weighted by molar-refractivity contribution is -0.127. The molecular weight excluding hydrogens is 284 g/mol. The quantitative estimate of drug-likeness (QED) is 0.907. The van der Waals surface area contributed by atoms with E-state index < -0.39 is 0 Å². The van der Waals surface area contributed by atoms with E-state index in [1.165, 1.54) is 31.2 Å². The van der Waals surface area contributed by atoms with Gasteiger partial charge in [0.05, 0.1) is 0 Å². The van der Waals surface area contributed by atoms with Crippen molar-refractivity contribution in [3.8, 4) is 0 Å². The third-order valence-electron chi connectivity index (χ3n) is 6.31. The summed E-state index contributed by atoms with van der Waals surface area (Å²) in [5.74, 6) is 2.09. The van der Waals surface area contributed by atoms with Crippen LogP contribution in [0.3, 0.4) is 0 Å². The fourth-order valence-electron chi connectivity index (χ4n) is 5.06. The molecule has 1 heterocycles. The van der Waals surface area contributed by atoms with E-state index in [-0.39, 0.29) is 0 Å². The highest BCUT2D eigenvalue weighted by atomic mass is 16.2. The number of hydrogen-bond donors (Lipinski definition) is 1. The van der Waals surface area contributed by atoms with E-state index in [4.69, 9.17) is 0 Å². The molecule has 0 spiro atoms. The smallest absolute Gasteiger partial charge is 0.223 e. The van der Waals surface area contributed by atoms with E-state index in [1.54, 1.807) is 0 Å². The first-order valence-corrected chi connectivity index (χ1v) is 9.36. The highest BCUT2D eigenvalue weighted by Gasteiger charge is 2.46. The summed E-state index contributed by atoms with van der Waals surface area (Å²) in [4.78, 5) is 15.1. The molecule has 3 aliphatic rings. The lowest BCUT2D eigenvalue weighted by atomic mass is 9.96. The van der Waals surface area contributed by atoms with Gasteiger partial charge in [-0.25, -0.2) is 0 Å². The van der Waals surface area contributed by atoms with Crippen LogP contribution in [-0.2, 0) is 11.2 Å². The van der Waals surface area contributed by atoms with Crippen LogP contribution in [0.2, 0.25) is 0 Å². The topological polar surface area (TPSA) is 32.3 Å². The maximum absolute atomic E-state index is 12.6. The summed E-state index contributed by atoms with van der Waals surface area (Å²) >= 11 is 0. The predicted molar refractivity (Wildman–Crippen MR) is 92.1 cm³/mol. The number of hydrogen-bond acceptors (Lipinski definition) is 2. The monoisotopic (exact) mass is 312 g/mol. The van der Waals surface area contributed by atoms with Gasteiger partial charge in [-0.3, -0.25) is 4.79 Å². The van der Waals surface area contributed by atoms with Gasteiger partial charge in [0.15, 0.2) is 0 Å². The van der Waals surface area contributed by atoms with Crippen molar-refractivity contribution in [2.45, 2.75) is 44.6 Å². The number of rotatable bonds is 5. The molecule has 23 heavy (non-hydrogen) atoms. The summed E-state index contributed by atoms with van der Waals surface area (Å²) < 4.78 is 0. The first-order chi connectivity index (χ1) is 11.3. The molecule has 3 nitrogen and oxygen atoms in total. The minimum Gasteiger partial charge on any atom is -0.352 e. The van der Waals surface area contributed by atoms with Gasteiger partial charge in [-0.2, -0.15) is 0 Å². The van der Waals surface area contributed by atoms with Crippen LogP contribution in [0.5, 0.6) is 0 Å². The Morgan fingerprint density at radius 3 is 2.43 bits per heavy atom. The van der Waals surface area contributed by atoms with Gasteiger partial charge in [-0.1, -0.05) is 30.3 Å². The number of fused-ring (bicyclic) bond motifs is 2. The van der Waals surface area contributed by atoms with Crippen LogP contribution in [0.15, 0.2) is 30.3 Å². The molecule has 1 aliphatic heterocycles. The van der Waals surface area contributed by atoms with E-state index in [0.717, 1.165) is 32.5 Å². The second-order valence-corrected chi connectivity index (χ2v) is 7.73. The predicted octanol–water partition coefficient (Wildman–Crippen LogP) is 2.86. The average Bonchev–Trinajstić information content (AvgIpc) is 3.29. The van der Waals surface area contributed by atoms with Crippen LogP contribution in [0, 0.1) is 17.8 Å². The fourth-order valence-corrected chi connectivity index (χ4v) is 5.06. The van der Waals surface area contributed by atoms with E-state index in [2.05, 4.69) is 40.5 Å². The first-order valence-electron chi connectivity index (χ1n) is 9.36. The first kappa shape index (κ1) is 15.2. The second kappa shape index (κ2) is 6.64. The van der Waals surface area contributed by atoms with Gasteiger partial charge in [0.1, 0.15) is 0 Å². The summed E-state index contributed by atoms with van der Waals surface area (Å²) in [5, 5.41) is 3.37. The summed E-state index contributed by atoms with van der Waals surface area (Å²) in [6.07, 6.45) is 7.37. The van der Waals surface area contributed by atoms with Crippen LogP contribution >= 0.6 is 0 Å². The highest BCUT2D eigenvalue weighted by molar-refractivity contribution is 5.80. The molecule has 1 aromatic rings. The van der Waals surface area contributed by atoms with Gasteiger partial charge >= 0.3 is 0 Å². The molecule has 1 aromatic carbocycles. The van der Waals surface area contributed by atoms with Crippen molar-refractivity contribution >= 4 is 5.91 Å². The van der Waals surface area contributed by atoms with Crippen molar-refractivity contribution in [2.75, 3.05) is 19.6 Å². The van der Waals surface area contributed by atoms with Crippen LogP contribution in [0.1, 0.15) is 37.7 Å². The van der Waals surface area contributed by atoms with Gasteiger partial charge in [-0.05, 0) is 55.9 Å². The van der Waals surface area contributed by atoms with Gasteiger partial charge in [0, 0.05) is 31.6 Å². The number of amides is 1. The van der Waals surface area contributed by atoms with Crippen molar-refractivity contribution in [1.82, 2.24) is 10.2 Å². The summed E-state index contributed by atoms with van der Waals surface area (Å²) in [7, 11) is 0. The Morgan fingerprint density at radius 2 is 1.74 bits per heavy atom. The van der Waals surface area contributed by atoms with Crippen LogP contribution in [0.4, 0.5) is 0 Å². The largest absolute Gasteiger partial charge is 0.352 e. The maximum atomic E-state index is 12.6. The van der Waals surface area contributed by atoms with E-state index >= 15 is 0 Å². The lowest BCUT2D eigenvalue weighted by Gasteiger charge is -2.20. The molecule has 3 heteroatoms. The molecular formula is C20H28N2O. The van der Waals surface area contributed by atoms with Crippen molar-refractivity contribution < 1.29 is 4.79 Å². The zero-order chi connectivity index (χ0) is 15.6. The van der Waals surface area contributed by atoms with Crippen molar-refractivity contribution in [2.24, 2.45) is 17.8 Å². The molecule has 0 unspecified atom stereocenters. The maximum Gasteiger partial charge on any atom is 0.223 e. The standard InChI is InChI=1S/C20H28N2O/c23-20(19-16-6-7-17(19)9-8-16)21-18-11-13-22(14-18)12-10-15-4-2-1-3-5-15/h1-5,16-19H,6-14H2,(H,21,23)/t16?,17?,18-,19?/m0/s1. The Morgan fingerprint density at radius 1 is 1.04 bits per heavy atom. The van der Waals surface area contributed by atoms with Crippen molar-refractivity contribution in [3.63, 3.8) is 0 Å². The van der Waals surface area contributed by atoms with Crippen molar-refractivity contribution in [1.29, 1.82) is 0 Å². The van der Waals surface area contributed by atoms with Crippen LogP contribution in [-0.4, -0.2) is 36.5 Å². The Balaban J connectivity index is 1.23. The number of nitrogens with one attached hydrogen (secondary N) is 1. The number of nitrogens with zero attached hydrogens (tertiary/aromatic N) is 1. The van der Waals surface area contributed by atoms with Gasteiger partial charge in [0.25, 0.3) is 0 Å². The van der Waals surface area contributed by atoms with E-state index in [1.807, 2.05) is 0 Å². The normalized spacial score (nSPS) is 33.2. The van der Waals surface area contributed by atoms with Gasteiger partial charge < -0.3 is 10.2 Å². The lowest BCUT2D eigenvalue weighted by Crippen LogP contribution is -2.42. The molecule has 1 amide bonds. The minimum absolute atomic E-state index is 0.341. The van der Waals surface area contributed by atoms with Gasteiger partial charge in [-0.15, -0.1) is 0 Å². The zero-order valence-electron chi connectivity index (χ0n) is 13.9. The third kappa shape index (κ3) is 3.30. The summed E-state index contributed by atoms with van der Waals surface area (Å²) in [5.41, 5.74) is 1.41. The molecule has 0 aromatic heterocycles. The molecule has 2 saturated carbocycles. The number of benzene rings is 1. The van der Waals surface area contributed by atoms with Gasteiger partial charge in [0.2, 0.25) is 5.91 Å². The van der Waals surface area contributed by atoms with Crippen LogP contribution < -0.4 is 5.32 Å². The Hall–Kier alpha value is -1.35. The number of carbonyl (C=O) groups excluding carboxylic acids is 1. The Kier molecular flexibility index (Phi) is 4.39. The Labute approximate surface area is 139 Å². The number of carbonyl (C=O) groups is 1. The van der Waals surface area contributed by atoms with Crippen LogP contribution in [0.25, 0.3) is 0 Å². The molecule has 124 valence electrons. The van der Waals surface area contributed by atoms with E-state index in [0.29, 0.717) is 29.7 Å². The molecule has 2 aliphatic carbocycles. The number of likely N-dealkylation sites (tertiary alicyclic amines) is 1. The second-order valence-electron chi connectivity index (χ2n) is 7.73. The zero-order valence-corrected chi connectivity index (χ0v) is 13.9. The SMILES string of the molecule is O=C(N[C@H]1CCN(CCc2ccccc2)C1)C1C2CCC1CC2. The minimum atomic E-state index is 0.341. The van der Waals surface area contributed by atoms with E-state index in [9.17, 15) is 4.79 Å². The highest BCUT2D eigenvalue weighted by Crippen LogP contribution is 2.49. The molecule has 4 rings (SSSR count). The average molecular weight is 312 g/mol.